The summed E-state index contributed by atoms with van der Waals surface area (Å²) in [6, 6.07) is 0. The lowest BCUT2D eigenvalue weighted by molar-refractivity contribution is -0.134. The summed E-state index contributed by atoms with van der Waals surface area (Å²) in [4.78, 5) is 0. The van der Waals surface area contributed by atoms with Crippen molar-refractivity contribution in [2.75, 3.05) is 18.8 Å². The van der Waals surface area contributed by atoms with Crippen LogP contribution in [0.3, 0.4) is 0 Å². The van der Waals surface area contributed by atoms with E-state index in [2.05, 4.69) is 0 Å². The van der Waals surface area contributed by atoms with Gasteiger partial charge in [0, 0.05) is 19.5 Å². The second-order valence-electron chi connectivity index (χ2n) is 5.47. The molecule has 0 saturated heterocycles. The van der Waals surface area contributed by atoms with Crippen molar-refractivity contribution in [3.8, 4) is 0 Å². The number of alkyl halides is 3. The first-order valence-electron chi connectivity index (χ1n) is 7.13. The molecule has 0 spiro atoms. The predicted molar refractivity (Wildman–Crippen MR) is 75.0 cm³/mol. The van der Waals surface area contributed by atoms with Crippen molar-refractivity contribution in [2.24, 2.45) is 5.92 Å². The fourth-order valence-electron chi connectivity index (χ4n) is 1.71. The predicted octanol–water partition coefficient (Wildman–Crippen LogP) is 3.81. The summed E-state index contributed by atoms with van der Waals surface area (Å²) in [5.41, 5.74) is 0. The van der Waals surface area contributed by atoms with Gasteiger partial charge in [0.15, 0.2) is 0 Å². The van der Waals surface area contributed by atoms with E-state index in [4.69, 9.17) is 0 Å². The van der Waals surface area contributed by atoms with Crippen LogP contribution in [0.1, 0.15) is 52.9 Å². The summed E-state index contributed by atoms with van der Waals surface area (Å²) >= 11 is 0. The molecular weight excluding hydrogens is 291 g/mol. The van der Waals surface area contributed by atoms with Crippen LogP contribution in [-0.2, 0) is 10.0 Å². The highest BCUT2D eigenvalue weighted by molar-refractivity contribution is 7.89. The van der Waals surface area contributed by atoms with Crippen molar-refractivity contribution in [1.82, 2.24) is 4.31 Å². The number of unbranched alkanes of at least 4 members (excludes halogenated alkanes) is 1. The average Bonchev–Trinajstić information content (AvgIpc) is 2.26. The minimum Gasteiger partial charge on any atom is -0.212 e. The number of rotatable bonds is 10. The van der Waals surface area contributed by atoms with Gasteiger partial charge in [0.05, 0.1) is 5.75 Å². The summed E-state index contributed by atoms with van der Waals surface area (Å²) in [5.74, 6) is -0.0570. The zero-order valence-electron chi connectivity index (χ0n) is 12.5. The standard InChI is InChI=1S/C13H26F3NO2S/c1-4-5-9-17(10-7-12(2)3)20(18,19)11-6-8-13(14,15)16/h12H,4-11H2,1-3H3. The monoisotopic (exact) mass is 317 g/mol. The first-order chi connectivity index (χ1) is 9.08. The van der Waals surface area contributed by atoms with Crippen LogP contribution in [0.4, 0.5) is 13.2 Å². The van der Waals surface area contributed by atoms with Gasteiger partial charge >= 0.3 is 6.18 Å². The second kappa shape index (κ2) is 8.87. The maximum Gasteiger partial charge on any atom is 0.389 e. The Morgan fingerprint density at radius 3 is 2.15 bits per heavy atom. The van der Waals surface area contributed by atoms with Gasteiger partial charge in [0.1, 0.15) is 0 Å². The summed E-state index contributed by atoms with van der Waals surface area (Å²) < 4.78 is 61.8. The fraction of sp³-hybridized carbons (Fsp3) is 1.00. The lowest BCUT2D eigenvalue weighted by atomic mass is 10.1. The molecule has 0 saturated carbocycles. The van der Waals surface area contributed by atoms with Gasteiger partial charge in [-0.2, -0.15) is 13.2 Å². The SMILES string of the molecule is CCCCN(CCC(C)C)S(=O)(=O)CCCC(F)(F)F. The molecule has 122 valence electrons. The van der Waals surface area contributed by atoms with Crippen LogP contribution in [0.5, 0.6) is 0 Å². The first kappa shape index (κ1) is 19.7. The van der Waals surface area contributed by atoms with E-state index in [1.807, 2.05) is 20.8 Å². The molecule has 0 fully saturated rings. The normalized spacial score (nSPS) is 13.4. The van der Waals surface area contributed by atoms with Crippen molar-refractivity contribution < 1.29 is 21.6 Å². The maximum absolute atomic E-state index is 12.1. The smallest absolute Gasteiger partial charge is 0.212 e. The quantitative estimate of drug-likeness (QED) is 0.614. The maximum atomic E-state index is 12.1. The zero-order valence-corrected chi connectivity index (χ0v) is 13.4. The van der Waals surface area contributed by atoms with Crippen LogP contribution in [-0.4, -0.2) is 37.7 Å². The Morgan fingerprint density at radius 2 is 1.70 bits per heavy atom. The van der Waals surface area contributed by atoms with E-state index in [1.54, 1.807) is 0 Å². The minimum absolute atomic E-state index is 0.365. The first-order valence-corrected chi connectivity index (χ1v) is 8.74. The molecule has 0 unspecified atom stereocenters. The van der Waals surface area contributed by atoms with E-state index < -0.39 is 28.4 Å². The molecular formula is C13H26F3NO2S. The number of sulfonamides is 1. The molecule has 0 aromatic carbocycles. The van der Waals surface area contributed by atoms with E-state index in [9.17, 15) is 21.6 Å². The molecule has 0 heterocycles. The molecule has 0 radical (unpaired) electrons. The fourth-order valence-corrected chi connectivity index (χ4v) is 3.27. The van der Waals surface area contributed by atoms with Gasteiger partial charge in [-0.25, -0.2) is 12.7 Å². The Morgan fingerprint density at radius 1 is 1.10 bits per heavy atom. The van der Waals surface area contributed by atoms with Gasteiger partial charge in [-0.3, -0.25) is 0 Å². The molecule has 0 amide bonds. The molecule has 0 atom stereocenters. The summed E-state index contributed by atoms with van der Waals surface area (Å²) in [7, 11) is -3.58. The Kier molecular flexibility index (Phi) is 8.74. The average molecular weight is 317 g/mol. The summed E-state index contributed by atoms with van der Waals surface area (Å²) in [5, 5.41) is 0. The molecule has 3 nitrogen and oxygen atoms in total. The highest BCUT2D eigenvalue weighted by Crippen LogP contribution is 2.22. The third-order valence-corrected chi connectivity index (χ3v) is 4.93. The van der Waals surface area contributed by atoms with E-state index in [-0.39, 0.29) is 6.42 Å². The Balaban J connectivity index is 4.50. The van der Waals surface area contributed by atoms with Crippen molar-refractivity contribution in [3.63, 3.8) is 0 Å². The summed E-state index contributed by atoms with van der Waals surface area (Å²) in [6.07, 6.45) is -3.38. The van der Waals surface area contributed by atoms with Crippen LogP contribution < -0.4 is 0 Å². The third-order valence-electron chi connectivity index (χ3n) is 2.97. The number of nitrogens with zero attached hydrogens (tertiary/aromatic N) is 1. The minimum atomic E-state index is -4.29. The molecule has 0 aromatic rings. The Hall–Kier alpha value is -0.300. The third kappa shape index (κ3) is 9.58. The largest absolute Gasteiger partial charge is 0.389 e. The zero-order chi connectivity index (χ0) is 15.8. The van der Waals surface area contributed by atoms with Gasteiger partial charge in [0.2, 0.25) is 10.0 Å². The molecule has 0 rings (SSSR count). The van der Waals surface area contributed by atoms with Crippen molar-refractivity contribution in [1.29, 1.82) is 0 Å². The highest BCUT2D eigenvalue weighted by Gasteiger charge is 2.29. The van der Waals surface area contributed by atoms with E-state index in [0.29, 0.717) is 19.0 Å². The highest BCUT2D eigenvalue weighted by atomic mass is 32.2. The molecule has 0 aliphatic carbocycles. The Bertz CT molecular complexity index is 353. The molecule has 20 heavy (non-hydrogen) atoms. The molecule has 0 aromatic heterocycles. The van der Waals surface area contributed by atoms with Crippen molar-refractivity contribution in [2.45, 2.75) is 59.1 Å². The number of hydrogen-bond acceptors (Lipinski definition) is 2. The van der Waals surface area contributed by atoms with Crippen LogP contribution in [0.15, 0.2) is 0 Å². The molecule has 7 heteroatoms. The molecule has 0 N–H and O–H groups in total. The van der Waals surface area contributed by atoms with Crippen molar-refractivity contribution >= 4 is 10.0 Å². The topological polar surface area (TPSA) is 37.4 Å². The van der Waals surface area contributed by atoms with Crippen LogP contribution in [0, 0.1) is 5.92 Å². The van der Waals surface area contributed by atoms with Gasteiger partial charge in [-0.05, 0) is 25.2 Å². The molecule has 0 aliphatic heterocycles. The van der Waals surface area contributed by atoms with E-state index in [0.717, 1.165) is 19.3 Å². The van der Waals surface area contributed by atoms with Crippen LogP contribution in [0.25, 0.3) is 0 Å². The van der Waals surface area contributed by atoms with Gasteiger partial charge in [-0.1, -0.05) is 27.2 Å². The van der Waals surface area contributed by atoms with Crippen LogP contribution >= 0.6 is 0 Å². The molecule has 0 bridgehead atoms. The summed E-state index contributed by atoms with van der Waals surface area (Å²) in [6.45, 7) is 6.74. The van der Waals surface area contributed by atoms with Gasteiger partial charge in [-0.15, -0.1) is 0 Å². The van der Waals surface area contributed by atoms with E-state index >= 15 is 0 Å². The van der Waals surface area contributed by atoms with Crippen molar-refractivity contribution in [3.05, 3.63) is 0 Å². The van der Waals surface area contributed by atoms with Crippen LogP contribution in [0.2, 0.25) is 0 Å². The second-order valence-corrected chi connectivity index (χ2v) is 7.56. The lowest BCUT2D eigenvalue weighted by Gasteiger charge is -2.23. The number of hydrogen-bond donors (Lipinski definition) is 0. The Labute approximate surface area is 120 Å². The molecule has 0 aliphatic rings. The lowest BCUT2D eigenvalue weighted by Crippen LogP contribution is -2.35. The van der Waals surface area contributed by atoms with Gasteiger partial charge < -0.3 is 0 Å². The number of halogens is 3. The van der Waals surface area contributed by atoms with E-state index in [1.165, 1.54) is 4.31 Å². The van der Waals surface area contributed by atoms with Gasteiger partial charge in [0.25, 0.3) is 0 Å².